The van der Waals surface area contributed by atoms with Gasteiger partial charge in [0, 0.05) is 24.2 Å². The summed E-state index contributed by atoms with van der Waals surface area (Å²) >= 11 is 0. The van der Waals surface area contributed by atoms with Crippen LogP contribution in [0.25, 0.3) is 0 Å². The summed E-state index contributed by atoms with van der Waals surface area (Å²) in [4.78, 5) is 12.9. The first-order valence-corrected chi connectivity index (χ1v) is 12.3. The molecule has 3 aliphatic carbocycles. The molecule has 1 saturated heterocycles. The molecule has 1 aromatic carbocycles. The van der Waals surface area contributed by atoms with E-state index in [1.54, 1.807) is 0 Å². The summed E-state index contributed by atoms with van der Waals surface area (Å²) < 4.78 is 12.3. The van der Waals surface area contributed by atoms with Crippen LogP contribution in [0.15, 0.2) is 60.4 Å². The summed E-state index contributed by atoms with van der Waals surface area (Å²) in [5.41, 5.74) is 0.971. The summed E-state index contributed by atoms with van der Waals surface area (Å²) in [6.45, 7) is 6.38. The monoisotopic (exact) mass is 448 g/mol. The Bertz CT molecular complexity index is 1020. The number of fused-ring (bicyclic) bond motifs is 4. The number of aliphatic hydroxyl groups is 2. The predicted octanol–water partition coefficient (Wildman–Crippen LogP) is 4.90. The van der Waals surface area contributed by atoms with E-state index in [0.717, 1.165) is 18.6 Å². The van der Waals surface area contributed by atoms with E-state index in [9.17, 15) is 15.0 Å². The maximum atomic E-state index is 12.9. The molecule has 5 heteroatoms. The third-order valence-corrected chi connectivity index (χ3v) is 9.00. The zero-order valence-corrected chi connectivity index (χ0v) is 19.0. The van der Waals surface area contributed by atoms with E-state index in [-0.39, 0.29) is 42.0 Å². The van der Waals surface area contributed by atoms with Crippen LogP contribution in [0.4, 0.5) is 0 Å². The van der Waals surface area contributed by atoms with Crippen molar-refractivity contribution in [1.29, 1.82) is 0 Å². The van der Waals surface area contributed by atoms with Crippen molar-refractivity contribution in [2.75, 3.05) is 0 Å². The highest BCUT2D eigenvalue weighted by Crippen LogP contribution is 2.58. The van der Waals surface area contributed by atoms with Gasteiger partial charge in [0.15, 0.2) is 0 Å². The number of allylic oxidation sites excluding steroid dienone is 4. The minimum Gasteiger partial charge on any atom is -0.511 e. The number of esters is 1. The van der Waals surface area contributed by atoms with E-state index in [1.807, 2.05) is 30.3 Å². The molecule has 6 aliphatic rings. The summed E-state index contributed by atoms with van der Waals surface area (Å²) in [6.07, 6.45) is 8.30. The van der Waals surface area contributed by atoms with Gasteiger partial charge in [-0.05, 0) is 54.2 Å². The molecule has 7 rings (SSSR count). The van der Waals surface area contributed by atoms with Crippen molar-refractivity contribution >= 4 is 5.97 Å². The second-order valence-electron chi connectivity index (χ2n) is 10.7. The van der Waals surface area contributed by atoms with Crippen LogP contribution in [0.2, 0.25) is 0 Å². The largest absolute Gasteiger partial charge is 0.511 e. The molecule has 0 spiro atoms. The molecule has 0 aromatic heterocycles. The number of ether oxygens (including phenoxy) is 2. The normalized spacial score (nSPS) is 45.7. The minimum atomic E-state index is -0.952. The van der Waals surface area contributed by atoms with E-state index in [4.69, 9.17) is 9.47 Å². The van der Waals surface area contributed by atoms with Gasteiger partial charge in [0.05, 0.1) is 5.57 Å². The Hall–Kier alpha value is -2.53. The lowest BCUT2D eigenvalue weighted by Crippen LogP contribution is -2.40. The van der Waals surface area contributed by atoms with Crippen molar-refractivity contribution in [3.8, 4) is 5.75 Å². The molecule has 4 bridgehead atoms. The number of hydrogen-bond donors (Lipinski definition) is 2. The maximum Gasteiger partial charge on any atom is 0.337 e. The summed E-state index contributed by atoms with van der Waals surface area (Å²) in [7, 11) is 0. The zero-order valence-electron chi connectivity index (χ0n) is 19.0. The fourth-order valence-electron chi connectivity index (χ4n) is 7.43. The highest BCUT2D eigenvalue weighted by atomic mass is 16.6. The first-order valence-electron chi connectivity index (χ1n) is 12.3. The highest BCUT2D eigenvalue weighted by Gasteiger charge is 2.58. The maximum absolute atomic E-state index is 12.9. The molecule has 5 nitrogen and oxygen atoms in total. The first kappa shape index (κ1) is 21.0. The Morgan fingerprint density at radius 3 is 2.64 bits per heavy atom. The van der Waals surface area contributed by atoms with E-state index < -0.39 is 18.2 Å². The second-order valence-corrected chi connectivity index (χ2v) is 10.7. The lowest BCUT2D eigenvalue weighted by atomic mass is 9.67. The Kier molecular flexibility index (Phi) is 4.95. The highest BCUT2D eigenvalue weighted by molar-refractivity contribution is 5.91. The van der Waals surface area contributed by atoms with Gasteiger partial charge in [-0.1, -0.05) is 43.7 Å². The molecule has 2 N–H and O–H groups in total. The van der Waals surface area contributed by atoms with Gasteiger partial charge in [-0.25, -0.2) is 4.79 Å². The molecule has 0 amide bonds. The van der Waals surface area contributed by atoms with Crippen molar-refractivity contribution in [3.05, 3.63) is 66.0 Å². The average Bonchev–Trinajstić information content (AvgIpc) is 3.35. The SMILES string of the molecule is C=C[C@H]1C=C[C@H]2[C@@H]3C[C@H](C)CC[C@H]3[C@@H]3Oc4ccc(cc4)[C@@H](O)[C@@H]4C/C(=C(/O)[C@@H]1[C@H]23)C(=O)O4. The Morgan fingerprint density at radius 2 is 1.88 bits per heavy atom. The van der Waals surface area contributed by atoms with Gasteiger partial charge >= 0.3 is 5.97 Å². The standard InChI is InChI=1S/C28H32O5/c1-3-15-7-11-18-20-12-14(2)4-10-19(20)27-24(18)23(15)26(30)21-13-22(33-28(21)31)25(29)16-5-8-17(32-27)9-6-16/h3,5-9,11,14-15,18-20,22-25,27,29-30H,1,4,10,12-13H2,2H3/b26-21-/t14-,15+,18+,19-,20+,22+,23+,24+,25-,27+/m1/s1. The van der Waals surface area contributed by atoms with E-state index in [0.29, 0.717) is 28.9 Å². The molecule has 3 heterocycles. The quantitative estimate of drug-likeness (QED) is 0.472. The average molecular weight is 449 g/mol. The number of carbonyl (C=O) groups excluding carboxylic acids is 1. The molecule has 33 heavy (non-hydrogen) atoms. The number of benzene rings is 1. The Morgan fingerprint density at radius 1 is 1.09 bits per heavy atom. The van der Waals surface area contributed by atoms with Crippen molar-refractivity contribution in [1.82, 2.24) is 0 Å². The summed E-state index contributed by atoms with van der Waals surface area (Å²) in [6, 6.07) is 7.53. The number of rotatable bonds is 1. The van der Waals surface area contributed by atoms with Crippen LogP contribution in [0, 0.1) is 41.4 Å². The molecule has 0 unspecified atom stereocenters. The van der Waals surface area contributed by atoms with Crippen molar-refractivity contribution in [2.45, 2.75) is 50.9 Å². The number of hydrogen-bond acceptors (Lipinski definition) is 5. The van der Waals surface area contributed by atoms with Crippen LogP contribution in [0.1, 0.15) is 44.3 Å². The summed E-state index contributed by atoms with van der Waals surface area (Å²) in [5.74, 6) is 1.89. The van der Waals surface area contributed by atoms with Gasteiger partial charge in [0.2, 0.25) is 0 Å². The van der Waals surface area contributed by atoms with Crippen LogP contribution in [0.5, 0.6) is 5.75 Å². The van der Waals surface area contributed by atoms with Crippen molar-refractivity contribution in [3.63, 3.8) is 0 Å². The molecule has 2 saturated carbocycles. The predicted molar refractivity (Wildman–Crippen MR) is 123 cm³/mol. The Labute approximate surface area is 194 Å². The molecular formula is C28H32O5. The lowest BCUT2D eigenvalue weighted by molar-refractivity contribution is -0.143. The van der Waals surface area contributed by atoms with Crippen LogP contribution < -0.4 is 4.74 Å². The third-order valence-electron chi connectivity index (χ3n) is 9.00. The van der Waals surface area contributed by atoms with Gasteiger partial charge < -0.3 is 19.7 Å². The summed E-state index contributed by atoms with van der Waals surface area (Å²) in [5, 5.41) is 22.5. The Balaban J connectivity index is 1.53. The molecule has 10 atom stereocenters. The van der Waals surface area contributed by atoms with E-state index >= 15 is 0 Å². The number of aliphatic hydroxyl groups excluding tert-OH is 2. The number of carbonyl (C=O) groups is 1. The topological polar surface area (TPSA) is 76.0 Å². The molecule has 174 valence electrons. The molecule has 1 aromatic rings. The smallest absolute Gasteiger partial charge is 0.337 e. The lowest BCUT2D eigenvalue weighted by Gasteiger charge is -2.38. The van der Waals surface area contributed by atoms with Crippen LogP contribution in [0.3, 0.4) is 0 Å². The second kappa shape index (κ2) is 7.76. The van der Waals surface area contributed by atoms with Gasteiger partial charge in [-0.2, -0.15) is 0 Å². The van der Waals surface area contributed by atoms with Gasteiger partial charge in [0.25, 0.3) is 0 Å². The zero-order chi connectivity index (χ0) is 22.9. The molecule has 0 radical (unpaired) electrons. The fourth-order valence-corrected chi connectivity index (χ4v) is 7.43. The van der Waals surface area contributed by atoms with Crippen LogP contribution in [-0.4, -0.2) is 28.4 Å². The van der Waals surface area contributed by atoms with Crippen molar-refractivity contribution in [2.24, 2.45) is 41.4 Å². The fraction of sp³-hybridized carbons (Fsp3) is 0.536. The van der Waals surface area contributed by atoms with Gasteiger partial charge in [-0.15, -0.1) is 6.58 Å². The van der Waals surface area contributed by atoms with Gasteiger partial charge in [0.1, 0.15) is 29.8 Å². The molecular weight excluding hydrogens is 416 g/mol. The van der Waals surface area contributed by atoms with E-state index in [1.165, 1.54) is 6.42 Å². The van der Waals surface area contributed by atoms with Crippen LogP contribution >= 0.6 is 0 Å². The van der Waals surface area contributed by atoms with Crippen LogP contribution in [-0.2, 0) is 9.53 Å². The molecule has 3 aliphatic heterocycles. The minimum absolute atomic E-state index is 0.0444. The first-order chi connectivity index (χ1) is 16.0. The van der Waals surface area contributed by atoms with Crippen molar-refractivity contribution < 1.29 is 24.5 Å². The van der Waals surface area contributed by atoms with Gasteiger partial charge in [-0.3, -0.25) is 0 Å². The third kappa shape index (κ3) is 3.19. The van der Waals surface area contributed by atoms with E-state index in [2.05, 4.69) is 25.7 Å². The molecule has 3 fully saturated rings.